The molecule has 0 unspecified atom stereocenters. The fourth-order valence-electron chi connectivity index (χ4n) is 2.03. The van der Waals surface area contributed by atoms with Crippen molar-refractivity contribution in [3.8, 4) is 5.75 Å². The number of hydrogen-bond donors (Lipinski definition) is 1. The molecule has 1 N–H and O–H groups in total. The van der Waals surface area contributed by atoms with Crippen molar-refractivity contribution in [3.63, 3.8) is 0 Å². The Balaban J connectivity index is 1.89. The molecule has 0 amide bonds. The SMILES string of the molecule is CNc1ccc(C(=O)OCCOc2ccc(C)cc2)cc1[N+](=O)[O-]. The molecule has 0 radical (unpaired) electrons. The number of rotatable bonds is 7. The lowest BCUT2D eigenvalue weighted by atomic mass is 10.1. The first-order chi connectivity index (χ1) is 11.5. The lowest BCUT2D eigenvalue weighted by Gasteiger charge is -2.08. The zero-order valence-corrected chi connectivity index (χ0v) is 13.4. The third kappa shape index (κ3) is 4.45. The molecule has 2 aromatic carbocycles. The standard InChI is InChI=1S/C17H18N2O5/c1-12-3-6-14(7-4-12)23-9-10-24-17(20)13-5-8-15(18-2)16(11-13)19(21)22/h3-8,11,18H,9-10H2,1-2H3. The number of nitro benzene ring substituents is 1. The van der Waals surface area contributed by atoms with Crippen LogP contribution in [-0.2, 0) is 4.74 Å². The summed E-state index contributed by atoms with van der Waals surface area (Å²) in [4.78, 5) is 22.4. The summed E-state index contributed by atoms with van der Waals surface area (Å²) in [7, 11) is 1.57. The van der Waals surface area contributed by atoms with Crippen LogP contribution in [0.5, 0.6) is 5.75 Å². The average Bonchev–Trinajstić information content (AvgIpc) is 2.59. The second kappa shape index (κ2) is 7.96. The van der Waals surface area contributed by atoms with Crippen molar-refractivity contribution in [2.75, 3.05) is 25.6 Å². The molecular weight excluding hydrogens is 312 g/mol. The fourth-order valence-corrected chi connectivity index (χ4v) is 2.03. The summed E-state index contributed by atoms with van der Waals surface area (Å²) < 4.78 is 10.5. The van der Waals surface area contributed by atoms with E-state index >= 15 is 0 Å². The Morgan fingerprint density at radius 2 is 1.88 bits per heavy atom. The monoisotopic (exact) mass is 330 g/mol. The van der Waals surface area contributed by atoms with Gasteiger partial charge in [0.1, 0.15) is 24.7 Å². The largest absolute Gasteiger partial charge is 0.490 e. The normalized spacial score (nSPS) is 10.1. The highest BCUT2D eigenvalue weighted by Gasteiger charge is 2.17. The highest BCUT2D eigenvalue weighted by atomic mass is 16.6. The highest BCUT2D eigenvalue weighted by Crippen LogP contribution is 2.25. The van der Waals surface area contributed by atoms with Crippen molar-refractivity contribution < 1.29 is 19.2 Å². The summed E-state index contributed by atoms with van der Waals surface area (Å²) in [5.74, 6) is 0.0546. The molecule has 126 valence electrons. The first-order valence-electron chi connectivity index (χ1n) is 7.34. The molecule has 0 saturated heterocycles. The molecule has 0 heterocycles. The number of nitrogens with one attached hydrogen (secondary N) is 1. The highest BCUT2D eigenvalue weighted by molar-refractivity contribution is 5.91. The predicted molar refractivity (Wildman–Crippen MR) is 89.6 cm³/mol. The van der Waals surface area contributed by atoms with Crippen molar-refractivity contribution in [2.45, 2.75) is 6.92 Å². The summed E-state index contributed by atoms with van der Waals surface area (Å²) in [6.45, 7) is 2.23. The van der Waals surface area contributed by atoms with Crippen LogP contribution in [-0.4, -0.2) is 31.2 Å². The summed E-state index contributed by atoms with van der Waals surface area (Å²) in [5, 5.41) is 13.7. The molecule has 24 heavy (non-hydrogen) atoms. The van der Waals surface area contributed by atoms with Crippen LogP contribution >= 0.6 is 0 Å². The van der Waals surface area contributed by atoms with Crippen LogP contribution < -0.4 is 10.1 Å². The lowest BCUT2D eigenvalue weighted by Crippen LogP contribution is -2.12. The Bertz CT molecular complexity index is 728. The van der Waals surface area contributed by atoms with Crippen molar-refractivity contribution in [2.24, 2.45) is 0 Å². The number of carbonyl (C=O) groups is 1. The molecule has 2 rings (SSSR count). The second-order valence-corrected chi connectivity index (χ2v) is 5.04. The van der Waals surface area contributed by atoms with E-state index in [1.165, 1.54) is 18.2 Å². The number of nitro groups is 1. The van der Waals surface area contributed by atoms with E-state index in [9.17, 15) is 14.9 Å². The lowest BCUT2D eigenvalue weighted by molar-refractivity contribution is -0.384. The van der Waals surface area contributed by atoms with Gasteiger partial charge in [-0.3, -0.25) is 10.1 Å². The van der Waals surface area contributed by atoms with Crippen LogP contribution in [0.2, 0.25) is 0 Å². The summed E-state index contributed by atoms with van der Waals surface area (Å²) in [6, 6.07) is 11.6. The Morgan fingerprint density at radius 3 is 2.50 bits per heavy atom. The molecule has 0 fully saturated rings. The first kappa shape index (κ1) is 17.3. The number of hydrogen-bond acceptors (Lipinski definition) is 6. The van der Waals surface area contributed by atoms with Crippen LogP contribution in [0.3, 0.4) is 0 Å². The molecule has 0 saturated carbocycles. The topological polar surface area (TPSA) is 90.7 Å². The number of benzene rings is 2. The van der Waals surface area contributed by atoms with Gasteiger partial charge in [0.2, 0.25) is 0 Å². The van der Waals surface area contributed by atoms with Gasteiger partial charge in [-0.25, -0.2) is 4.79 Å². The molecule has 7 nitrogen and oxygen atoms in total. The molecule has 0 aliphatic carbocycles. The van der Waals surface area contributed by atoms with Gasteiger partial charge >= 0.3 is 5.97 Å². The smallest absolute Gasteiger partial charge is 0.338 e. The molecule has 7 heteroatoms. The molecule has 0 atom stereocenters. The van der Waals surface area contributed by atoms with E-state index in [0.29, 0.717) is 11.4 Å². The quantitative estimate of drug-likeness (QED) is 0.363. The third-order valence-corrected chi connectivity index (χ3v) is 3.31. The van der Waals surface area contributed by atoms with Gasteiger partial charge in [-0.2, -0.15) is 0 Å². The van der Waals surface area contributed by atoms with Gasteiger partial charge in [0.15, 0.2) is 0 Å². The van der Waals surface area contributed by atoms with Crippen LogP contribution in [0.15, 0.2) is 42.5 Å². The van der Waals surface area contributed by atoms with E-state index in [1.54, 1.807) is 7.05 Å². The van der Waals surface area contributed by atoms with Gasteiger partial charge < -0.3 is 14.8 Å². The molecular formula is C17H18N2O5. The zero-order valence-electron chi connectivity index (χ0n) is 13.4. The van der Waals surface area contributed by atoms with E-state index in [4.69, 9.17) is 9.47 Å². The maximum Gasteiger partial charge on any atom is 0.338 e. The summed E-state index contributed by atoms with van der Waals surface area (Å²) in [6.07, 6.45) is 0. The Morgan fingerprint density at radius 1 is 1.17 bits per heavy atom. The minimum absolute atomic E-state index is 0.0499. The van der Waals surface area contributed by atoms with Crippen LogP contribution in [0.4, 0.5) is 11.4 Å². The van der Waals surface area contributed by atoms with Gasteiger partial charge in [0, 0.05) is 13.1 Å². The zero-order chi connectivity index (χ0) is 17.5. The Kier molecular flexibility index (Phi) is 5.73. The number of anilines is 1. The maximum atomic E-state index is 12.0. The van der Waals surface area contributed by atoms with Crippen molar-refractivity contribution >= 4 is 17.3 Å². The first-order valence-corrected chi connectivity index (χ1v) is 7.34. The van der Waals surface area contributed by atoms with Crippen molar-refractivity contribution in [1.82, 2.24) is 0 Å². The molecule has 0 spiro atoms. The summed E-state index contributed by atoms with van der Waals surface area (Å²) >= 11 is 0. The van der Waals surface area contributed by atoms with Crippen LogP contribution in [0.1, 0.15) is 15.9 Å². The number of aryl methyl sites for hydroxylation is 1. The molecule has 0 aliphatic heterocycles. The van der Waals surface area contributed by atoms with E-state index < -0.39 is 10.9 Å². The maximum absolute atomic E-state index is 12.0. The van der Waals surface area contributed by atoms with Crippen molar-refractivity contribution in [1.29, 1.82) is 0 Å². The van der Waals surface area contributed by atoms with Gasteiger partial charge in [0.05, 0.1) is 10.5 Å². The minimum atomic E-state index is -0.631. The number of carbonyl (C=O) groups excluding carboxylic acids is 1. The molecule has 0 bridgehead atoms. The third-order valence-electron chi connectivity index (χ3n) is 3.31. The fraction of sp³-hybridized carbons (Fsp3) is 0.235. The molecule has 0 aromatic heterocycles. The predicted octanol–water partition coefficient (Wildman–Crippen LogP) is 3.18. The van der Waals surface area contributed by atoms with E-state index in [-0.39, 0.29) is 24.5 Å². The van der Waals surface area contributed by atoms with Crippen molar-refractivity contribution in [3.05, 3.63) is 63.7 Å². The number of nitrogens with zero attached hydrogens (tertiary/aromatic N) is 1. The van der Waals surface area contributed by atoms with E-state index in [1.807, 2.05) is 31.2 Å². The molecule has 0 aliphatic rings. The Labute approximate surface area is 139 Å². The van der Waals surface area contributed by atoms with Crippen LogP contribution in [0, 0.1) is 17.0 Å². The minimum Gasteiger partial charge on any atom is -0.490 e. The average molecular weight is 330 g/mol. The van der Waals surface area contributed by atoms with Gasteiger partial charge in [0.25, 0.3) is 5.69 Å². The number of esters is 1. The number of ether oxygens (including phenoxy) is 2. The van der Waals surface area contributed by atoms with E-state index in [0.717, 1.165) is 5.56 Å². The second-order valence-electron chi connectivity index (χ2n) is 5.04. The van der Waals surface area contributed by atoms with Gasteiger partial charge in [-0.05, 0) is 31.2 Å². The van der Waals surface area contributed by atoms with Gasteiger partial charge in [-0.1, -0.05) is 17.7 Å². The molecule has 2 aromatic rings. The van der Waals surface area contributed by atoms with E-state index in [2.05, 4.69) is 5.32 Å². The Hall–Kier alpha value is -3.09. The van der Waals surface area contributed by atoms with Gasteiger partial charge in [-0.15, -0.1) is 0 Å². The summed E-state index contributed by atoms with van der Waals surface area (Å²) in [5.41, 5.74) is 1.40. The van der Waals surface area contributed by atoms with Crippen LogP contribution in [0.25, 0.3) is 0 Å².